The van der Waals surface area contributed by atoms with E-state index in [4.69, 9.17) is 0 Å². The molecule has 0 aliphatic rings. The maximum Gasteiger partial charge on any atom is 0.113 e. The van der Waals surface area contributed by atoms with Crippen molar-refractivity contribution in [3.63, 3.8) is 0 Å². The van der Waals surface area contributed by atoms with Gasteiger partial charge in [0.1, 0.15) is 6.20 Å². The van der Waals surface area contributed by atoms with Crippen LogP contribution in [0.3, 0.4) is 0 Å². The third-order valence-corrected chi connectivity index (χ3v) is 3.48. The zero-order chi connectivity index (χ0) is 13.4. The highest BCUT2D eigenvalue weighted by Gasteiger charge is 2.06. The average Bonchev–Trinajstić information content (AvgIpc) is 2.91. The van der Waals surface area contributed by atoms with Gasteiger partial charge in [0.2, 0.25) is 0 Å². The highest BCUT2D eigenvalue weighted by atomic mass is 14.8. The van der Waals surface area contributed by atoms with Crippen molar-refractivity contribution in [2.75, 3.05) is 0 Å². The van der Waals surface area contributed by atoms with Crippen molar-refractivity contribution in [2.24, 2.45) is 0 Å². The third kappa shape index (κ3) is 1.84. The predicted octanol–water partition coefficient (Wildman–Crippen LogP) is 3.50. The lowest BCUT2D eigenvalue weighted by Gasteiger charge is -2.01. The van der Waals surface area contributed by atoms with Gasteiger partial charge in [-0.25, -0.2) is 9.97 Å². The summed E-state index contributed by atoms with van der Waals surface area (Å²) in [6, 6.07) is 16.2. The lowest BCUT2D eigenvalue weighted by molar-refractivity contribution is 1.07. The number of rotatable bonds is 2. The highest BCUT2D eigenvalue weighted by molar-refractivity contribution is 5.83. The third-order valence-electron chi connectivity index (χ3n) is 3.48. The molecule has 3 heteroatoms. The number of H-pyrrole nitrogens is 1. The number of aromatic amines is 1. The van der Waals surface area contributed by atoms with E-state index in [1.807, 2.05) is 36.5 Å². The first-order chi connectivity index (χ1) is 9.90. The number of nitrogens with one attached hydrogen (secondary N) is 1. The second-order valence-corrected chi connectivity index (χ2v) is 4.81. The normalized spacial score (nSPS) is 11.2. The number of hydrogen-bond acceptors (Lipinski definition) is 2. The van der Waals surface area contributed by atoms with Crippen molar-refractivity contribution in [1.82, 2.24) is 15.0 Å². The first kappa shape index (κ1) is 11.2. The Labute approximate surface area is 116 Å². The summed E-state index contributed by atoms with van der Waals surface area (Å²) in [5.74, 6) is 0. The van der Waals surface area contributed by atoms with Crippen molar-refractivity contribution in [3.8, 4) is 0 Å². The fourth-order valence-electron chi connectivity index (χ4n) is 2.49. The molecule has 1 N–H and O–H groups in total. The van der Waals surface area contributed by atoms with Gasteiger partial charge in [0, 0.05) is 23.5 Å². The molecule has 3 nitrogen and oxygen atoms in total. The number of benzene rings is 2. The van der Waals surface area contributed by atoms with Gasteiger partial charge in [-0.15, -0.1) is 0 Å². The quantitative estimate of drug-likeness (QED) is 0.598. The second kappa shape index (κ2) is 4.46. The van der Waals surface area contributed by atoms with Gasteiger partial charge in [-0.2, -0.15) is 0 Å². The van der Waals surface area contributed by atoms with Crippen LogP contribution in [0, 0.1) is 6.20 Å². The number of hydrogen-bond donors (Lipinski definition) is 1. The van der Waals surface area contributed by atoms with E-state index in [1.54, 1.807) is 0 Å². The maximum absolute atomic E-state index is 4.62. The highest BCUT2D eigenvalue weighted by Crippen LogP contribution is 2.20. The SMILES string of the molecule is [c]1nc2ccccc2nc1Cc1c[nH]c2ccccc12. The fourth-order valence-corrected chi connectivity index (χ4v) is 2.49. The van der Waals surface area contributed by atoms with Gasteiger partial charge < -0.3 is 4.98 Å². The summed E-state index contributed by atoms with van der Waals surface area (Å²) in [5.41, 5.74) is 5.04. The van der Waals surface area contributed by atoms with Crippen molar-refractivity contribution >= 4 is 21.9 Å². The van der Waals surface area contributed by atoms with Crippen LogP contribution in [0.25, 0.3) is 21.9 Å². The second-order valence-electron chi connectivity index (χ2n) is 4.81. The summed E-state index contributed by atoms with van der Waals surface area (Å²) < 4.78 is 0. The molecule has 0 fully saturated rings. The van der Waals surface area contributed by atoms with E-state index < -0.39 is 0 Å². The molecule has 95 valence electrons. The van der Waals surface area contributed by atoms with E-state index in [-0.39, 0.29) is 0 Å². The van der Waals surface area contributed by atoms with Crippen molar-refractivity contribution in [1.29, 1.82) is 0 Å². The Bertz CT molecular complexity index is 893. The Morgan fingerprint density at radius 3 is 2.70 bits per heavy atom. The lowest BCUT2D eigenvalue weighted by Crippen LogP contribution is -1.94. The average molecular weight is 258 g/mol. The zero-order valence-corrected chi connectivity index (χ0v) is 10.8. The van der Waals surface area contributed by atoms with Crippen LogP contribution in [0.2, 0.25) is 0 Å². The van der Waals surface area contributed by atoms with Crippen LogP contribution in [0.4, 0.5) is 0 Å². The molecule has 2 aromatic heterocycles. The monoisotopic (exact) mass is 258 g/mol. The molecule has 0 atom stereocenters. The van der Waals surface area contributed by atoms with Crippen LogP contribution in [0.5, 0.6) is 0 Å². The fraction of sp³-hybridized carbons (Fsp3) is 0.0588. The standard InChI is InChI=1S/C17H12N3/c1-2-6-15-14(5-1)12(10-18-15)9-13-11-19-16-7-3-4-8-17(16)20-13/h1-8,10,18H,9H2. The van der Waals surface area contributed by atoms with Crippen LogP contribution in [-0.4, -0.2) is 15.0 Å². The summed E-state index contributed by atoms with van der Waals surface area (Å²) in [5, 5.41) is 1.23. The predicted molar refractivity (Wildman–Crippen MR) is 79.5 cm³/mol. The van der Waals surface area contributed by atoms with Crippen molar-refractivity contribution in [2.45, 2.75) is 6.42 Å². The molecule has 0 unspecified atom stereocenters. The lowest BCUT2D eigenvalue weighted by atomic mass is 10.1. The van der Waals surface area contributed by atoms with E-state index in [0.29, 0.717) is 0 Å². The van der Waals surface area contributed by atoms with Crippen LogP contribution >= 0.6 is 0 Å². The van der Waals surface area contributed by atoms with Crippen LogP contribution in [0.15, 0.2) is 54.7 Å². The summed E-state index contributed by atoms with van der Waals surface area (Å²) in [7, 11) is 0. The van der Waals surface area contributed by atoms with Crippen LogP contribution < -0.4 is 0 Å². The van der Waals surface area contributed by atoms with Gasteiger partial charge in [0.15, 0.2) is 0 Å². The number of fused-ring (bicyclic) bond motifs is 2. The number of nitrogens with zero attached hydrogens (tertiary/aromatic N) is 2. The first-order valence-electron chi connectivity index (χ1n) is 6.58. The van der Waals surface area contributed by atoms with Gasteiger partial charge in [-0.1, -0.05) is 30.3 Å². The zero-order valence-electron chi connectivity index (χ0n) is 10.8. The molecule has 0 saturated carbocycles. The molecule has 4 aromatic rings. The summed E-state index contributed by atoms with van der Waals surface area (Å²) >= 11 is 0. The molecule has 0 aliphatic carbocycles. The molecule has 2 heterocycles. The maximum atomic E-state index is 4.62. The first-order valence-corrected chi connectivity index (χ1v) is 6.58. The number of aromatic nitrogens is 3. The molecule has 20 heavy (non-hydrogen) atoms. The van der Waals surface area contributed by atoms with Gasteiger partial charge in [0.25, 0.3) is 0 Å². The molecule has 0 amide bonds. The van der Waals surface area contributed by atoms with E-state index in [9.17, 15) is 0 Å². The van der Waals surface area contributed by atoms with Gasteiger partial charge in [-0.05, 0) is 23.8 Å². The van der Waals surface area contributed by atoms with Gasteiger partial charge in [0.05, 0.1) is 16.7 Å². The Hall–Kier alpha value is -2.68. The molecule has 0 spiro atoms. The van der Waals surface area contributed by atoms with E-state index in [2.05, 4.69) is 39.3 Å². The van der Waals surface area contributed by atoms with Crippen LogP contribution in [-0.2, 0) is 6.42 Å². The minimum absolute atomic E-state index is 0.738. The van der Waals surface area contributed by atoms with Crippen LogP contribution in [0.1, 0.15) is 11.3 Å². The van der Waals surface area contributed by atoms with Crippen molar-refractivity contribution in [3.05, 3.63) is 72.2 Å². The minimum atomic E-state index is 0.738. The summed E-state index contributed by atoms with van der Waals surface area (Å²) in [6.45, 7) is 0. The van der Waals surface area contributed by atoms with Gasteiger partial charge in [-0.3, -0.25) is 0 Å². The molecule has 2 aromatic carbocycles. The molecule has 1 radical (unpaired) electrons. The van der Waals surface area contributed by atoms with E-state index in [0.717, 1.165) is 28.7 Å². The van der Waals surface area contributed by atoms with Gasteiger partial charge >= 0.3 is 0 Å². The largest absolute Gasteiger partial charge is 0.361 e. The van der Waals surface area contributed by atoms with Crippen molar-refractivity contribution < 1.29 is 0 Å². The molecule has 0 saturated heterocycles. The molecule has 0 aliphatic heterocycles. The Morgan fingerprint density at radius 2 is 1.75 bits per heavy atom. The summed E-state index contributed by atoms with van der Waals surface area (Å²) in [4.78, 5) is 12.3. The Kier molecular flexibility index (Phi) is 2.49. The van der Waals surface area contributed by atoms with E-state index >= 15 is 0 Å². The molecule has 0 bridgehead atoms. The molecular formula is C17H12N3. The number of para-hydroxylation sites is 3. The summed E-state index contributed by atoms with van der Waals surface area (Å²) in [6.07, 6.45) is 5.81. The topological polar surface area (TPSA) is 41.6 Å². The van der Waals surface area contributed by atoms with E-state index in [1.165, 1.54) is 10.9 Å². The smallest absolute Gasteiger partial charge is 0.113 e. The molecule has 4 rings (SSSR count). The minimum Gasteiger partial charge on any atom is -0.361 e. The Morgan fingerprint density at radius 1 is 0.950 bits per heavy atom. The Balaban J connectivity index is 1.76. The molecular weight excluding hydrogens is 246 g/mol.